The van der Waals surface area contributed by atoms with Gasteiger partial charge in [0, 0.05) is 11.4 Å². The third kappa shape index (κ3) is 7.20. The van der Waals surface area contributed by atoms with Gasteiger partial charge in [-0.15, -0.1) is 0 Å². The molecule has 0 spiro atoms. The van der Waals surface area contributed by atoms with Gasteiger partial charge >= 0.3 is 6.18 Å². The van der Waals surface area contributed by atoms with Crippen LogP contribution < -0.4 is 15.4 Å². The van der Waals surface area contributed by atoms with E-state index >= 15 is 0 Å². The van der Waals surface area contributed by atoms with Gasteiger partial charge in [0.25, 0.3) is 11.8 Å². The molecule has 0 atom stereocenters. The summed E-state index contributed by atoms with van der Waals surface area (Å²) < 4.78 is 44.0. The number of carbonyl (C=O) groups is 2. The van der Waals surface area contributed by atoms with Crippen molar-refractivity contribution in [3.05, 3.63) is 95.1 Å². The molecule has 178 valence electrons. The van der Waals surface area contributed by atoms with Crippen molar-refractivity contribution in [3.8, 4) is 11.8 Å². The maximum atomic E-state index is 12.9. The van der Waals surface area contributed by atoms with Gasteiger partial charge in [0.05, 0.1) is 5.56 Å². The summed E-state index contributed by atoms with van der Waals surface area (Å²) in [6, 6.07) is 19.5. The molecule has 0 aromatic heterocycles. The topological polar surface area (TPSA) is 91.2 Å². The molecule has 0 radical (unpaired) electrons. The van der Waals surface area contributed by atoms with E-state index in [9.17, 15) is 28.0 Å². The Kier molecular flexibility index (Phi) is 7.89. The minimum atomic E-state index is -4.56. The van der Waals surface area contributed by atoms with Crippen LogP contribution in [0.1, 0.15) is 16.7 Å². The van der Waals surface area contributed by atoms with Crippen LogP contribution in [0.3, 0.4) is 0 Å². The van der Waals surface area contributed by atoms with Crippen LogP contribution in [0.4, 0.5) is 24.5 Å². The van der Waals surface area contributed by atoms with Crippen molar-refractivity contribution in [1.82, 2.24) is 0 Å². The lowest BCUT2D eigenvalue weighted by Gasteiger charge is -2.10. The first-order valence-electron chi connectivity index (χ1n) is 10.3. The van der Waals surface area contributed by atoms with Crippen molar-refractivity contribution in [2.45, 2.75) is 13.1 Å². The average molecular weight is 479 g/mol. The Morgan fingerprint density at radius 1 is 1.00 bits per heavy atom. The highest BCUT2D eigenvalue weighted by Gasteiger charge is 2.30. The number of anilines is 2. The van der Waals surface area contributed by atoms with Gasteiger partial charge in [0.1, 0.15) is 17.4 Å². The van der Waals surface area contributed by atoms with E-state index < -0.39 is 17.6 Å². The Morgan fingerprint density at radius 2 is 1.71 bits per heavy atom. The number of hydrogen-bond acceptors (Lipinski definition) is 4. The molecule has 0 fully saturated rings. The fraction of sp³-hybridized carbons (Fsp3) is 0.115. The Bertz CT molecular complexity index is 1290. The Hall–Kier alpha value is -4.58. The van der Waals surface area contributed by atoms with Crippen LogP contribution in [-0.4, -0.2) is 18.4 Å². The minimum Gasteiger partial charge on any atom is -0.484 e. The standard InChI is InChI=1S/C26H20F3N3O3/c1-17-5-2-3-8-23(17)32-24(33)16-35-22-11-9-18(10-12-22)13-19(15-30)25(34)31-21-7-4-6-20(14-21)26(27,28)29/h2-14H,16H2,1H3,(H,31,34)(H,32,33)/b19-13+. The molecule has 3 aromatic carbocycles. The Morgan fingerprint density at radius 3 is 2.37 bits per heavy atom. The number of nitrogens with one attached hydrogen (secondary N) is 2. The van der Waals surface area contributed by atoms with Crippen molar-refractivity contribution in [2.75, 3.05) is 17.2 Å². The van der Waals surface area contributed by atoms with Crippen LogP contribution in [0.15, 0.2) is 78.4 Å². The van der Waals surface area contributed by atoms with E-state index in [1.807, 2.05) is 25.1 Å². The van der Waals surface area contributed by atoms with Gasteiger partial charge in [0.2, 0.25) is 0 Å². The second-order valence-electron chi connectivity index (χ2n) is 7.42. The van der Waals surface area contributed by atoms with Crippen molar-refractivity contribution in [3.63, 3.8) is 0 Å². The number of nitriles is 1. The molecule has 6 nitrogen and oxygen atoms in total. The molecule has 9 heteroatoms. The second kappa shape index (κ2) is 11.0. The summed E-state index contributed by atoms with van der Waals surface area (Å²) in [5.41, 5.74) is 0.794. The normalized spacial score (nSPS) is 11.3. The lowest BCUT2D eigenvalue weighted by atomic mass is 10.1. The zero-order valence-electron chi connectivity index (χ0n) is 18.5. The summed E-state index contributed by atoms with van der Waals surface area (Å²) in [6.07, 6.45) is -3.27. The number of amides is 2. The summed E-state index contributed by atoms with van der Waals surface area (Å²) in [6.45, 7) is 1.66. The third-order valence-corrected chi connectivity index (χ3v) is 4.79. The fourth-order valence-corrected chi connectivity index (χ4v) is 3.00. The average Bonchev–Trinajstić information content (AvgIpc) is 2.83. The highest BCUT2D eigenvalue weighted by atomic mass is 19.4. The molecular formula is C26H20F3N3O3. The molecule has 3 aromatic rings. The minimum absolute atomic E-state index is 0.0845. The van der Waals surface area contributed by atoms with Crippen LogP contribution in [0.5, 0.6) is 5.75 Å². The van der Waals surface area contributed by atoms with E-state index in [1.54, 1.807) is 36.4 Å². The maximum Gasteiger partial charge on any atom is 0.416 e. The smallest absolute Gasteiger partial charge is 0.416 e. The molecule has 0 saturated carbocycles. The van der Waals surface area contributed by atoms with Crippen molar-refractivity contribution < 1.29 is 27.5 Å². The molecule has 3 rings (SSSR count). The zero-order valence-corrected chi connectivity index (χ0v) is 18.5. The number of nitrogens with zero attached hydrogens (tertiary/aromatic N) is 1. The molecular weight excluding hydrogens is 459 g/mol. The molecule has 0 aliphatic rings. The SMILES string of the molecule is Cc1ccccc1NC(=O)COc1ccc(/C=C(\C#N)C(=O)Nc2cccc(C(F)(F)F)c2)cc1. The summed E-state index contributed by atoms with van der Waals surface area (Å²) in [4.78, 5) is 24.5. The van der Waals surface area contributed by atoms with Gasteiger partial charge < -0.3 is 15.4 Å². The van der Waals surface area contributed by atoms with Crippen molar-refractivity contribution >= 4 is 29.3 Å². The molecule has 0 heterocycles. The predicted octanol–water partition coefficient (Wildman–Crippen LogP) is 5.58. The summed E-state index contributed by atoms with van der Waals surface area (Å²) in [5.74, 6) is -0.782. The van der Waals surface area contributed by atoms with Gasteiger partial charge in [0.15, 0.2) is 6.61 Å². The molecule has 0 aliphatic heterocycles. The number of aryl methyl sites for hydroxylation is 1. The maximum absolute atomic E-state index is 12.9. The molecule has 2 N–H and O–H groups in total. The van der Waals surface area contributed by atoms with Gasteiger partial charge in [-0.2, -0.15) is 18.4 Å². The molecule has 2 amide bonds. The van der Waals surface area contributed by atoms with Gasteiger partial charge in [-0.1, -0.05) is 36.4 Å². The van der Waals surface area contributed by atoms with Crippen LogP contribution >= 0.6 is 0 Å². The Labute approximate surface area is 199 Å². The monoisotopic (exact) mass is 479 g/mol. The fourth-order valence-electron chi connectivity index (χ4n) is 3.00. The molecule has 0 aliphatic carbocycles. The van der Waals surface area contributed by atoms with Crippen LogP contribution in [0.2, 0.25) is 0 Å². The largest absolute Gasteiger partial charge is 0.484 e. The van der Waals surface area contributed by atoms with Gasteiger partial charge in [-0.3, -0.25) is 9.59 Å². The third-order valence-electron chi connectivity index (χ3n) is 4.79. The highest BCUT2D eigenvalue weighted by Crippen LogP contribution is 2.30. The number of ether oxygens (including phenoxy) is 1. The number of benzene rings is 3. The van der Waals surface area contributed by atoms with E-state index in [2.05, 4.69) is 10.6 Å². The molecule has 0 bridgehead atoms. The number of halogens is 3. The van der Waals surface area contributed by atoms with E-state index in [0.29, 0.717) is 17.0 Å². The first-order chi connectivity index (χ1) is 16.7. The second-order valence-corrected chi connectivity index (χ2v) is 7.42. The number of hydrogen-bond donors (Lipinski definition) is 2. The van der Waals surface area contributed by atoms with Gasteiger partial charge in [-0.05, 0) is 60.5 Å². The molecule has 0 unspecified atom stereocenters. The summed E-state index contributed by atoms with van der Waals surface area (Å²) in [7, 11) is 0. The Balaban J connectivity index is 1.60. The van der Waals surface area contributed by atoms with Crippen molar-refractivity contribution in [1.29, 1.82) is 5.26 Å². The van der Waals surface area contributed by atoms with E-state index in [-0.39, 0.29) is 23.8 Å². The number of para-hydroxylation sites is 1. The number of rotatable bonds is 7. The number of carbonyl (C=O) groups excluding carboxylic acids is 2. The highest BCUT2D eigenvalue weighted by molar-refractivity contribution is 6.09. The van der Waals surface area contributed by atoms with Crippen LogP contribution in [0, 0.1) is 18.3 Å². The first-order valence-corrected chi connectivity index (χ1v) is 10.3. The van der Waals surface area contributed by atoms with Crippen molar-refractivity contribution in [2.24, 2.45) is 0 Å². The van der Waals surface area contributed by atoms with E-state index in [0.717, 1.165) is 23.8 Å². The van der Waals surface area contributed by atoms with Gasteiger partial charge in [-0.25, -0.2) is 0 Å². The van der Waals surface area contributed by atoms with Crippen LogP contribution in [-0.2, 0) is 15.8 Å². The summed E-state index contributed by atoms with van der Waals surface area (Å²) in [5, 5.41) is 14.4. The zero-order chi connectivity index (χ0) is 25.4. The summed E-state index contributed by atoms with van der Waals surface area (Å²) >= 11 is 0. The quantitative estimate of drug-likeness (QED) is 0.342. The number of alkyl halides is 3. The lowest BCUT2D eigenvalue weighted by molar-refractivity contribution is -0.137. The lowest BCUT2D eigenvalue weighted by Crippen LogP contribution is -2.20. The first kappa shape index (κ1) is 25.1. The molecule has 35 heavy (non-hydrogen) atoms. The van der Waals surface area contributed by atoms with E-state index in [1.165, 1.54) is 12.1 Å². The van der Waals surface area contributed by atoms with E-state index in [4.69, 9.17) is 4.74 Å². The molecule has 0 saturated heterocycles. The van der Waals surface area contributed by atoms with Crippen LogP contribution in [0.25, 0.3) is 6.08 Å². The predicted molar refractivity (Wildman–Crippen MR) is 125 cm³/mol.